The number of nitrogens with one attached hydrogen (secondary N) is 1. The predicted molar refractivity (Wildman–Crippen MR) is 232 cm³/mol. The lowest BCUT2D eigenvalue weighted by Crippen LogP contribution is -2.46. The van der Waals surface area contributed by atoms with Gasteiger partial charge in [-0.2, -0.15) is 12.6 Å². The Morgan fingerprint density at radius 1 is 0.528 bits per heavy atom. The maximum absolute atomic E-state index is 13.6. The summed E-state index contributed by atoms with van der Waals surface area (Å²) in [6, 6.07) is 20.6. The van der Waals surface area contributed by atoms with Crippen molar-refractivity contribution in [2.75, 3.05) is 5.75 Å². The Labute approximate surface area is 333 Å². The highest BCUT2D eigenvalue weighted by molar-refractivity contribution is 7.80. The van der Waals surface area contributed by atoms with Crippen molar-refractivity contribution in [1.29, 1.82) is 0 Å². The first kappa shape index (κ1) is 47.3. The molecule has 4 nitrogen and oxygen atoms in total. The summed E-state index contributed by atoms with van der Waals surface area (Å²) < 4.78 is 13.0. The number of benzene rings is 2. The van der Waals surface area contributed by atoms with E-state index >= 15 is 0 Å². The third-order valence-electron chi connectivity index (χ3n) is 10.6. The highest BCUT2D eigenvalue weighted by Gasteiger charge is 2.25. The highest BCUT2D eigenvalue weighted by atomic mass is 32.1. The number of unbranched alkanes of at least 4 members (excludes halogenated alkanes) is 16. The Bertz CT molecular complexity index is 1090. The molecule has 0 radical (unpaired) electrons. The minimum atomic E-state index is -0.138. The molecule has 3 atom stereocenters. The van der Waals surface area contributed by atoms with Gasteiger partial charge in [0.25, 0.3) is 0 Å². The molecule has 302 valence electrons. The molecule has 0 bridgehead atoms. The number of carbonyl (C=O) groups excluding carboxylic acids is 1. The van der Waals surface area contributed by atoms with E-state index in [0.29, 0.717) is 25.4 Å². The maximum atomic E-state index is 13.6. The predicted octanol–water partition coefficient (Wildman–Crippen LogP) is 13.9. The summed E-state index contributed by atoms with van der Waals surface area (Å²) >= 11 is 4.73. The van der Waals surface area contributed by atoms with Gasteiger partial charge in [-0.25, -0.2) is 0 Å². The van der Waals surface area contributed by atoms with Gasteiger partial charge in [-0.1, -0.05) is 217 Å². The number of hydrogen-bond acceptors (Lipinski definition) is 4. The van der Waals surface area contributed by atoms with E-state index in [1.54, 1.807) is 0 Å². The van der Waals surface area contributed by atoms with Crippen molar-refractivity contribution in [2.24, 2.45) is 11.8 Å². The Morgan fingerprint density at radius 3 is 1.32 bits per heavy atom. The minimum absolute atomic E-state index is 0.0429. The lowest BCUT2D eigenvalue weighted by atomic mass is 10.0. The van der Waals surface area contributed by atoms with Crippen molar-refractivity contribution in [3.05, 3.63) is 71.8 Å². The van der Waals surface area contributed by atoms with Gasteiger partial charge in [0.15, 0.2) is 0 Å². The van der Waals surface area contributed by atoms with Crippen molar-refractivity contribution in [3.8, 4) is 0 Å². The average molecular weight is 752 g/mol. The molecule has 0 saturated carbocycles. The number of thiol groups is 1. The third-order valence-corrected chi connectivity index (χ3v) is 11.0. The fraction of sp³-hybridized carbons (Fsp3) is 0.729. The Balaban J connectivity index is 1.83. The Kier molecular flexibility index (Phi) is 29.0. The Morgan fingerprint density at radius 2 is 0.906 bits per heavy atom. The number of hydrogen-bond donors (Lipinski definition) is 2. The van der Waals surface area contributed by atoms with E-state index < -0.39 is 0 Å². The first-order chi connectivity index (χ1) is 25.9. The smallest absolute Gasteiger partial charge is 0.222 e. The van der Waals surface area contributed by atoms with Crippen LogP contribution in [-0.2, 0) is 27.5 Å². The molecule has 0 spiro atoms. The van der Waals surface area contributed by atoms with Gasteiger partial charge in [0.1, 0.15) is 0 Å². The molecule has 2 rings (SSSR count). The molecule has 0 aliphatic rings. The van der Waals surface area contributed by atoms with Crippen LogP contribution in [0.2, 0.25) is 0 Å². The van der Waals surface area contributed by atoms with Gasteiger partial charge in [0.05, 0.1) is 37.9 Å². The SMILES string of the molecule is CC(C)CCCCCCCCCCC[C@H](CC(=O)N[C@@H](CS)[C@@H](CCCCCCCCCCCC(C)C)OCc1ccccc1)OCc1ccccc1. The van der Waals surface area contributed by atoms with Gasteiger partial charge in [-0.3, -0.25) is 4.79 Å². The van der Waals surface area contributed by atoms with Crippen LogP contribution in [0.5, 0.6) is 0 Å². The summed E-state index contributed by atoms with van der Waals surface area (Å²) in [6.45, 7) is 10.4. The first-order valence-electron chi connectivity index (χ1n) is 22.1. The van der Waals surface area contributed by atoms with Crippen LogP contribution in [-0.4, -0.2) is 29.9 Å². The number of carbonyl (C=O) groups is 1. The highest BCUT2D eigenvalue weighted by Crippen LogP contribution is 2.20. The van der Waals surface area contributed by atoms with E-state index in [1.165, 1.54) is 116 Å². The number of amides is 1. The normalized spacial score (nSPS) is 13.4. The molecule has 2 aromatic carbocycles. The Hall–Kier alpha value is -1.82. The van der Waals surface area contributed by atoms with Crippen molar-refractivity contribution < 1.29 is 14.3 Å². The third kappa shape index (κ3) is 26.6. The van der Waals surface area contributed by atoms with Crippen LogP contribution in [0.3, 0.4) is 0 Å². The number of rotatable bonds is 35. The molecule has 0 heterocycles. The van der Waals surface area contributed by atoms with Crippen LogP contribution in [0, 0.1) is 11.8 Å². The summed E-state index contributed by atoms with van der Waals surface area (Å²) in [6.07, 6.45) is 28.2. The second-order valence-electron chi connectivity index (χ2n) is 16.6. The number of ether oxygens (including phenoxy) is 2. The molecule has 1 amide bonds. The monoisotopic (exact) mass is 752 g/mol. The molecule has 5 heteroatoms. The molecule has 0 saturated heterocycles. The molecular formula is C48H81NO3S. The second-order valence-corrected chi connectivity index (χ2v) is 17.0. The molecule has 53 heavy (non-hydrogen) atoms. The summed E-state index contributed by atoms with van der Waals surface area (Å²) in [7, 11) is 0. The summed E-state index contributed by atoms with van der Waals surface area (Å²) in [5.41, 5.74) is 2.31. The van der Waals surface area contributed by atoms with Crippen LogP contribution in [0.1, 0.15) is 187 Å². The van der Waals surface area contributed by atoms with Crippen LogP contribution < -0.4 is 5.32 Å². The van der Waals surface area contributed by atoms with Gasteiger partial charge < -0.3 is 14.8 Å². The molecule has 0 aliphatic carbocycles. The van der Waals surface area contributed by atoms with E-state index in [-0.39, 0.29) is 24.2 Å². The van der Waals surface area contributed by atoms with Crippen molar-refractivity contribution in [2.45, 2.75) is 207 Å². The van der Waals surface area contributed by atoms with Crippen LogP contribution in [0.4, 0.5) is 0 Å². The standard InChI is InChI=1S/C48H81NO3S/c1-41(2)29-21-15-11-7-5-9-13-17-27-35-45(51-38-43-31-23-19-24-32-43)37-48(50)49-46(40-53)47(52-39-44-33-25-20-26-34-44)36-28-18-14-10-6-8-12-16-22-30-42(3)4/h19-20,23-26,31-34,41-42,45-47,53H,5-18,21-22,27-30,35-40H2,1-4H3,(H,49,50)/t45-,46+,47-/m1/s1. The second kappa shape index (κ2) is 32.4. The zero-order valence-electron chi connectivity index (χ0n) is 34.7. The quantitative estimate of drug-likeness (QED) is 0.0545. The zero-order valence-corrected chi connectivity index (χ0v) is 35.6. The summed E-state index contributed by atoms with van der Waals surface area (Å²) in [5.74, 6) is 2.25. The van der Waals surface area contributed by atoms with Crippen molar-refractivity contribution >= 4 is 18.5 Å². The molecule has 0 aromatic heterocycles. The van der Waals surface area contributed by atoms with E-state index in [4.69, 9.17) is 22.1 Å². The molecule has 0 aliphatic heterocycles. The molecule has 0 unspecified atom stereocenters. The van der Waals surface area contributed by atoms with E-state index in [0.717, 1.165) is 48.6 Å². The van der Waals surface area contributed by atoms with Crippen molar-refractivity contribution in [1.82, 2.24) is 5.32 Å². The van der Waals surface area contributed by atoms with Gasteiger partial charge in [0, 0.05) is 5.75 Å². The van der Waals surface area contributed by atoms with Crippen LogP contribution in [0.25, 0.3) is 0 Å². The fourth-order valence-corrected chi connectivity index (χ4v) is 7.56. The molecular weight excluding hydrogens is 671 g/mol. The van der Waals surface area contributed by atoms with E-state index in [9.17, 15) is 4.79 Å². The van der Waals surface area contributed by atoms with Crippen LogP contribution in [0.15, 0.2) is 60.7 Å². The topological polar surface area (TPSA) is 47.6 Å². The lowest BCUT2D eigenvalue weighted by molar-refractivity contribution is -0.126. The van der Waals surface area contributed by atoms with Gasteiger partial charge in [0.2, 0.25) is 5.91 Å². The zero-order chi connectivity index (χ0) is 38.2. The largest absolute Gasteiger partial charge is 0.373 e. The van der Waals surface area contributed by atoms with E-state index in [1.807, 2.05) is 24.3 Å². The summed E-state index contributed by atoms with van der Waals surface area (Å²) in [4.78, 5) is 13.6. The van der Waals surface area contributed by atoms with Gasteiger partial charge in [-0.05, 0) is 35.8 Å². The molecule has 2 aromatic rings. The maximum Gasteiger partial charge on any atom is 0.222 e. The molecule has 0 fully saturated rings. The van der Waals surface area contributed by atoms with E-state index in [2.05, 4.69) is 69.4 Å². The van der Waals surface area contributed by atoms with Crippen molar-refractivity contribution in [3.63, 3.8) is 0 Å². The van der Waals surface area contributed by atoms with Gasteiger partial charge in [-0.15, -0.1) is 0 Å². The minimum Gasteiger partial charge on any atom is -0.373 e. The van der Waals surface area contributed by atoms with Crippen LogP contribution >= 0.6 is 12.6 Å². The average Bonchev–Trinajstić information content (AvgIpc) is 3.15. The van der Waals surface area contributed by atoms with Gasteiger partial charge >= 0.3 is 0 Å². The first-order valence-corrected chi connectivity index (χ1v) is 22.7. The fourth-order valence-electron chi connectivity index (χ4n) is 7.24. The lowest BCUT2D eigenvalue weighted by Gasteiger charge is -2.28. The molecule has 1 N–H and O–H groups in total. The summed E-state index contributed by atoms with van der Waals surface area (Å²) in [5, 5.41) is 3.35.